The number of halogens is 1. The summed E-state index contributed by atoms with van der Waals surface area (Å²) in [4.78, 5) is 12.3. The molecule has 0 spiro atoms. The summed E-state index contributed by atoms with van der Waals surface area (Å²) in [5.41, 5.74) is 1.61. The van der Waals surface area contributed by atoms with Gasteiger partial charge in [-0.05, 0) is 43.4 Å². The Labute approximate surface area is 141 Å². The Morgan fingerprint density at radius 1 is 1.39 bits per heavy atom. The lowest BCUT2D eigenvalue weighted by Gasteiger charge is -2.11. The Morgan fingerprint density at radius 3 is 2.74 bits per heavy atom. The third kappa shape index (κ3) is 3.39. The van der Waals surface area contributed by atoms with Crippen LogP contribution < -0.4 is 5.32 Å². The summed E-state index contributed by atoms with van der Waals surface area (Å²) < 4.78 is 2.12. The van der Waals surface area contributed by atoms with Gasteiger partial charge < -0.3 is 9.88 Å². The molecule has 0 aliphatic heterocycles. The fourth-order valence-corrected chi connectivity index (χ4v) is 3.14. The lowest BCUT2D eigenvalue weighted by Crippen LogP contribution is -2.25. The predicted molar refractivity (Wildman–Crippen MR) is 89.7 cm³/mol. The summed E-state index contributed by atoms with van der Waals surface area (Å²) in [7, 11) is 0. The number of rotatable bonds is 5. The zero-order chi connectivity index (χ0) is 16.6. The Hall–Kier alpha value is -1.88. The van der Waals surface area contributed by atoms with E-state index in [9.17, 15) is 4.79 Å². The van der Waals surface area contributed by atoms with Gasteiger partial charge in [0.15, 0.2) is 5.82 Å². The maximum absolute atomic E-state index is 12.3. The third-order valence-corrected chi connectivity index (χ3v) is 4.47. The van der Waals surface area contributed by atoms with Crippen LogP contribution in [-0.4, -0.2) is 20.7 Å². The standard InChI is InChI=1S/C17H21ClN4O/c1-10(2)14-7-4-12(8-15(14)18)17(23)19-9-16-21-20-11(3)22(16)13-5-6-13/h4,7-8,10,13H,5-6,9H2,1-3H3,(H,19,23). The normalized spacial score (nSPS) is 14.3. The number of hydrogen-bond donors (Lipinski definition) is 1. The molecule has 0 atom stereocenters. The number of carbonyl (C=O) groups is 1. The Bertz CT molecular complexity index is 734. The van der Waals surface area contributed by atoms with Crippen molar-refractivity contribution in [2.75, 3.05) is 0 Å². The second kappa shape index (κ2) is 6.32. The maximum atomic E-state index is 12.3. The summed E-state index contributed by atoms with van der Waals surface area (Å²) in [5, 5.41) is 11.8. The van der Waals surface area contributed by atoms with E-state index in [1.165, 1.54) is 0 Å². The van der Waals surface area contributed by atoms with Gasteiger partial charge in [-0.3, -0.25) is 4.79 Å². The van der Waals surface area contributed by atoms with E-state index < -0.39 is 0 Å². The molecule has 6 heteroatoms. The van der Waals surface area contributed by atoms with Crippen LogP contribution in [-0.2, 0) is 6.54 Å². The Balaban J connectivity index is 1.69. The third-order valence-electron chi connectivity index (χ3n) is 4.14. The molecule has 1 N–H and O–H groups in total. The smallest absolute Gasteiger partial charge is 0.251 e. The van der Waals surface area contributed by atoms with E-state index in [4.69, 9.17) is 11.6 Å². The van der Waals surface area contributed by atoms with Crippen molar-refractivity contribution in [3.8, 4) is 0 Å². The van der Waals surface area contributed by atoms with Crippen molar-refractivity contribution >= 4 is 17.5 Å². The summed E-state index contributed by atoms with van der Waals surface area (Å²) in [6.45, 7) is 6.47. The van der Waals surface area contributed by atoms with Gasteiger partial charge in [0.2, 0.25) is 0 Å². The summed E-state index contributed by atoms with van der Waals surface area (Å²) in [6, 6.07) is 5.95. The van der Waals surface area contributed by atoms with E-state index in [0.29, 0.717) is 29.1 Å². The largest absolute Gasteiger partial charge is 0.345 e. The lowest BCUT2D eigenvalue weighted by atomic mass is 10.0. The average molecular weight is 333 g/mol. The van der Waals surface area contributed by atoms with Crippen molar-refractivity contribution in [2.45, 2.75) is 52.1 Å². The molecule has 0 unspecified atom stereocenters. The highest BCUT2D eigenvalue weighted by Gasteiger charge is 2.28. The minimum absolute atomic E-state index is 0.148. The number of amides is 1. The first-order valence-electron chi connectivity index (χ1n) is 7.95. The Morgan fingerprint density at radius 2 is 2.13 bits per heavy atom. The van der Waals surface area contributed by atoms with Gasteiger partial charge in [0.1, 0.15) is 5.82 Å². The van der Waals surface area contributed by atoms with Crippen molar-refractivity contribution in [2.24, 2.45) is 0 Å². The zero-order valence-electron chi connectivity index (χ0n) is 13.6. The maximum Gasteiger partial charge on any atom is 0.251 e. The average Bonchev–Trinajstić information content (AvgIpc) is 3.27. The SMILES string of the molecule is Cc1nnc(CNC(=O)c2ccc(C(C)C)c(Cl)c2)n1C1CC1. The van der Waals surface area contributed by atoms with Crippen LogP contribution in [0.3, 0.4) is 0 Å². The Kier molecular flexibility index (Phi) is 4.39. The molecule has 1 aliphatic rings. The van der Waals surface area contributed by atoms with Crippen molar-refractivity contribution in [3.63, 3.8) is 0 Å². The van der Waals surface area contributed by atoms with Crippen LogP contribution in [0, 0.1) is 6.92 Å². The van der Waals surface area contributed by atoms with Gasteiger partial charge in [-0.2, -0.15) is 0 Å². The lowest BCUT2D eigenvalue weighted by molar-refractivity contribution is 0.0949. The van der Waals surface area contributed by atoms with Crippen LogP contribution in [0.15, 0.2) is 18.2 Å². The molecule has 23 heavy (non-hydrogen) atoms. The molecule has 1 aromatic heterocycles. The van der Waals surface area contributed by atoms with Gasteiger partial charge in [0.05, 0.1) is 6.54 Å². The summed E-state index contributed by atoms with van der Waals surface area (Å²) in [6.07, 6.45) is 2.32. The number of nitrogens with zero attached hydrogens (tertiary/aromatic N) is 3. The summed E-state index contributed by atoms with van der Waals surface area (Å²) >= 11 is 6.26. The minimum atomic E-state index is -0.148. The number of hydrogen-bond acceptors (Lipinski definition) is 3. The van der Waals surface area contributed by atoms with Crippen LogP contribution in [0.4, 0.5) is 0 Å². The zero-order valence-corrected chi connectivity index (χ0v) is 14.4. The fourth-order valence-electron chi connectivity index (χ4n) is 2.74. The van der Waals surface area contributed by atoms with E-state index in [0.717, 1.165) is 30.1 Å². The number of nitrogens with one attached hydrogen (secondary N) is 1. The van der Waals surface area contributed by atoms with Crippen LogP contribution in [0.25, 0.3) is 0 Å². The van der Waals surface area contributed by atoms with E-state index in [-0.39, 0.29) is 5.91 Å². The van der Waals surface area contributed by atoms with E-state index in [1.54, 1.807) is 6.07 Å². The highest BCUT2D eigenvalue weighted by atomic mass is 35.5. The quantitative estimate of drug-likeness (QED) is 0.909. The van der Waals surface area contributed by atoms with E-state index >= 15 is 0 Å². The number of aryl methyl sites for hydroxylation is 1. The van der Waals surface area contributed by atoms with Crippen molar-refractivity contribution in [1.82, 2.24) is 20.1 Å². The molecule has 3 rings (SSSR count). The number of benzene rings is 1. The van der Waals surface area contributed by atoms with Crippen LogP contribution in [0.5, 0.6) is 0 Å². The minimum Gasteiger partial charge on any atom is -0.345 e. The van der Waals surface area contributed by atoms with Crippen molar-refractivity contribution < 1.29 is 4.79 Å². The molecular weight excluding hydrogens is 312 g/mol. The number of aromatic nitrogens is 3. The molecule has 2 aromatic rings. The molecule has 0 radical (unpaired) electrons. The predicted octanol–water partition coefficient (Wildman–Crippen LogP) is 3.63. The molecule has 5 nitrogen and oxygen atoms in total. The van der Waals surface area contributed by atoms with Gasteiger partial charge in [-0.25, -0.2) is 0 Å². The van der Waals surface area contributed by atoms with Gasteiger partial charge in [0.25, 0.3) is 5.91 Å². The molecule has 0 saturated heterocycles. The van der Waals surface area contributed by atoms with E-state index in [1.807, 2.05) is 19.1 Å². The first kappa shape index (κ1) is 16.0. The monoisotopic (exact) mass is 332 g/mol. The highest BCUT2D eigenvalue weighted by Crippen LogP contribution is 2.36. The molecule has 1 heterocycles. The highest BCUT2D eigenvalue weighted by molar-refractivity contribution is 6.31. The van der Waals surface area contributed by atoms with E-state index in [2.05, 4.69) is 33.9 Å². The second-order valence-electron chi connectivity index (χ2n) is 6.34. The molecular formula is C17H21ClN4O. The van der Waals surface area contributed by atoms with Gasteiger partial charge in [0, 0.05) is 16.6 Å². The van der Waals surface area contributed by atoms with Gasteiger partial charge in [-0.15, -0.1) is 10.2 Å². The molecule has 1 saturated carbocycles. The van der Waals surface area contributed by atoms with Crippen molar-refractivity contribution in [1.29, 1.82) is 0 Å². The number of carbonyl (C=O) groups excluding carboxylic acids is 1. The van der Waals surface area contributed by atoms with Crippen LogP contribution >= 0.6 is 11.6 Å². The first-order valence-corrected chi connectivity index (χ1v) is 8.33. The molecule has 1 fully saturated rings. The van der Waals surface area contributed by atoms with Gasteiger partial charge in [-0.1, -0.05) is 31.5 Å². The molecule has 1 amide bonds. The van der Waals surface area contributed by atoms with Gasteiger partial charge >= 0.3 is 0 Å². The fraction of sp³-hybridized carbons (Fsp3) is 0.471. The topological polar surface area (TPSA) is 59.8 Å². The first-order chi connectivity index (χ1) is 11.0. The van der Waals surface area contributed by atoms with Crippen molar-refractivity contribution in [3.05, 3.63) is 46.0 Å². The second-order valence-corrected chi connectivity index (χ2v) is 6.75. The molecule has 122 valence electrons. The molecule has 1 aromatic carbocycles. The molecule has 1 aliphatic carbocycles. The molecule has 0 bridgehead atoms. The van der Waals surface area contributed by atoms with Crippen LogP contribution in [0.1, 0.15) is 66.2 Å². The summed E-state index contributed by atoms with van der Waals surface area (Å²) in [5.74, 6) is 1.90. The van der Waals surface area contributed by atoms with Crippen LogP contribution in [0.2, 0.25) is 5.02 Å².